The number of esters is 1. The van der Waals surface area contributed by atoms with Crippen LogP contribution in [0.5, 0.6) is 0 Å². The number of carbonyl (C=O) groups is 3. The Morgan fingerprint density at radius 1 is 1.15 bits per heavy atom. The molecule has 1 aromatic carbocycles. The van der Waals surface area contributed by atoms with Crippen LogP contribution in [0.3, 0.4) is 0 Å². The molecule has 6 nitrogen and oxygen atoms in total. The van der Waals surface area contributed by atoms with E-state index in [0.29, 0.717) is 11.6 Å². The monoisotopic (exact) mass is 368 g/mol. The highest BCUT2D eigenvalue weighted by Gasteiger charge is 2.28. The first-order valence-corrected chi connectivity index (χ1v) is 9.13. The Kier molecular flexibility index (Phi) is 5.74. The first kappa shape index (κ1) is 18.9. The zero-order chi connectivity index (χ0) is 19.4. The van der Waals surface area contributed by atoms with Gasteiger partial charge in [0, 0.05) is 23.0 Å². The van der Waals surface area contributed by atoms with Gasteiger partial charge in [-0.1, -0.05) is 30.3 Å². The third-order valence-electron chi connectivity index (χ3n) is 4.70. The second-order valence-electron chi connectivity index (χ2n) is 6.91. The molecule has 1 aliphatic carbocycles. The van der Waals surface area contributed by atoms with Crippen LogP contribution in [0, 0.1) is 13.8 Å². The molecule has 1 N–H and O–H groups in total. The Morgan fingerprint density at radius 2 is 1.85 bits per heavy atom. The number of benzene rings is 1. The molecule has 0 unspecified atom stereocenters. The zero-order valence-corrected chi connectivity index (χ0v) is 15.7. The average molecular weight is 368 g/mol. The SMILES string of the molecule is Cc1cc(C(=O)COC(=O)CNC(=O)Cc2ccccc2)c(C)n1C1CC1. The largest absolute Gasteiger partial charge is 0.456 e. The lowest BCUT2D eigenvalue weighted by Gasteiger charge is -2.08. The van der Waals surface area contributed by atoms with E-state index in [1.807, 2.05) is 50.2 Å². The number of hydrogen-bond donors (Lipinski definition) is 1. The molecule has 27 heavy (non-hydrogen) atoms. The summed E-state index contributed by atoms with van der Waals surface area (Å²) in [5.74, 6) is -1.11. The summed E-state index contributed by atoms with van der Waals surface area (Å²) in [6, 6.07) is 11.6. The third-order valence-corrected chi connectivity index (χ3v) is 4.70. The van der Waals surface area contributed by atoms with Crippen LogP contribution in [0.1, 0.15) is 46.2 Å². The highest BCUT2D eigenvalue weighted by molar-refractivity contribution is 5.99. The molecule has 0 saturated heterocycles. The Bertz CT molecular complexity index is 851. The van der Waals surface area contributed by atoms with Crippen molar-refractivity contribution in [2.75, 3.05) is 13.2 Å². The van der Waals surface area contributed by atoms with Crippen molar-refractivity contribution in [3.05, 3.63) is 58.9 Å². The first-order chi connectivity index (χ1) is 13.0. The molecule has 1 aliphatic rings. The Hall–Kier alpha value is -2.89. The van der Waals surface area contributed by atoms with E-state index < -0.39 is 5.97 Å². The Morgan fingerprint density at radius 3 is 2.52 bits per heavy atom. The van der Waals surface area contributed by atoms with Gasteiger partial charge in [-0.15, -0.1) is 0 Å². The van der Waals surface area contributed by atoms with Crippen LogP contribution >= 0.6 is 0 Å². The van der Waals surface area contributed by atoms with Gasteiger partial charge in [-0.3, -0.25) is 14.4 Å². The summed E-state index contributed by atoms with van der Waals surface area (Å²) >= 11 is 0. The van der Waals surface area contributed by atoms with E-state index in [-0.39, 0.29) is 31.3 Å². The molecule has 1 amide bonds. The highest BCUT2D eigenvalue weighted by Crippen LogP contribution is 2.38. The molecule has 3 rings (SSSR count). The molecule has 0 bridgehead atoms. The van der Waals surface area contributed by atoms with Crippen LogP contribution in [0.2, 0.25) is 0 Å². The molecule has 0 spiro atoms. The average Bonchev–Trinajstić information content (AvgIpc) is 3.43. The maximum absolute atomic E-state index is 12.4. The second kappa shape index (κ2) is 8.20. The van der Waals surface area contributed by atoms with Crippen molar-refractivity contribution in [3.63, 3.8) is 0 Å². The van der Waals surface area contributed by atoms with Crippen molar-refractivity contribution < 1.29 is 19.1 Å². The minimum atomic E-state index is -0.624. The van der Waals surface area contributed by atoms with Crippen LogP contribution < -0.4 is 5.32 Å². The minimum absolute atomic E-state index is 0.195. The van der Waals surface area contributed by atoms with E-state index in [9.17, 15) is 14.4 Å². The third kappa shape index (κ3) is 4.84. The van der Waals surface area contributed by atoms with E-state index in [0.717, 1.165) is 29.8 Å². The summed E-state index contributed by atoms with van der Waals surface area (Å²) in [6.45, 7) is 3.34. The first-order valence-electron chi connectivity index (χ1n) is 9.13. The van der Waals surface area contributed by atoms with E-state index in [1.165, 1.54) is 0 Å². The van der Waals surface area contributed by atoms with Crippen LogP contribution in [0.4, 0.5) is 0 Å². The number of amides is 1. The van der Waals surface area contributed by atoms with Gasteiger partial charge in [0.15, 0.2) is 6.61 Å². The molecular weight excluding hydrogens is 344 g/mol. The van der Waals surface area contributed by atoms with Crippen molar-refractivity contribution in [1.29, 1.82) is 0 Å². The molecule has 0 atom stereocenters. The van der Waals surface area contributed by atoms with Crippen molar-refractivity contribution in [3.8, 4) is 0 Å². The van der Waals surface area contributed by atoms with Crippen LogP contribution in [-0.2, 0) is 20.7 Å². The van der Waals surface area contributed by atoms with Gasteiger partial charge in [0.25, 0.3) is 0 Å². The number of ether oxygens (including phenoxy) is 1. The van der Waals surface area contributed by atoms with E-state index >= 15 is 0 Å². The topological polar surface area (TPSA) is 77.4 Å². The molecule has 1 fully saturated rings. The summed E-state index contributed by atoms with van der Waals surface area (Å²) < 4.78 is 7.21. The molecule has 0 radical (unpaired) electrons. The molecular formula is C21H24N2O4. The molecule has 142 valence electrons. The van der Waals surface area contributed by atoms with Crippen LogP contribution in [0.25, 0.3) is 0 Å². The van der Waals surface area contributed by atoms with Crippen molar-refractivity contribution in [2.45, 2.75) is 39.2 Å². The fourth-order valence-corrected chi connectivity index (χ4v) is 3.24. The minimum Gasteiger partial charge on any atom is -0.456 e. The standard InChI is InChI=1S/C21H24N2O4/c1-14-10-18(15(2)23(14)17-8-9-17)19(24)13-27-21(26)12-22-20(25)11-16-6-4-3-5-7-16/h3-7,10,17H,8-9,11-13H2,1-2H3,(H,22,25). The van der Waals surface area contributed by atoms with Gasteiger partial charge in [-0.05, 0) is 38.3 Å². The zero-order valence-electron chi connectivity index (χ0n) is 15.7. The fraction of sp³-hybridized carbons (Fsp3) is 0.381. The summed E-state index contributed by atoms with van der Waals surface area (Å²) in [5.41, 5.74) is 3.44. The smallest absolute Gasteiger partial charge is 0.325 e. The highest BCUT2D eigenvalue weighted by atomic mass is 16.5. The number of carbonyl (C=O) groups excluding carboxylic acids is 3. The summed E-state index contributed by atoms with van der Waals surface area (Å²) in [4.78, 5) is 36.0. The van der Waals surface area contributed by atoms with E-state index in [2.05, 4.69) is 9.88 Å². The lowest BCUT2D eigenvalue weighted by atomic mass is 10.1. The molecule has 0 aliphatic heterocycles. The molecule has 1 aromatic heterocycles. The maximum Gasteiger partial charge on any atom is 0.325 e. The van der Waals surface area contributed by atoms with E-state index in [1.54, 1.807) is 0 Å². The summed E-state index contributed by atoms with van der Waals surface area (Å²) in [5, 5.41) is 2.51. The molecule has 6 heteroatoms. The number of rotatable bonds is 8. The molecule has 2 aromatic rings. The number of nitrogens with zero attached hydrogens (tertiary/aromatic N) is 1. The predicted molar refractivity (Wildman–Crippen MR) is 101 cm³/mol. The number of nitrogens with one attached hydrogen (secondary N) is 1. The number of hydrogen-bond acceptors (Lipinski definition) is 4. The van der Waals surface area contributed by atoms with Gasteiger partial charge in [0.05, 0.1) is 6.42 Å². The van der Waals surface area contributed by atoms with Crippen LogP contribution in [0.15, 0.2) is 36.4 Å². The van der Waals surface area contributed by atoms with Crippen molar-refractivity contribution >= 4 is 17.7 Å². The fourth-order valence-electron chi connectivity index (χ4n) is 3.24. The number of Topliss-reactive ketones (excluding diaryl/α,β-unsaturated/α-hetero) is 1. The van der Waals surface area contributed by atoms with Gasteiger partial charge in [-0.2, -0.15) is 0 Å². The van der Waals surface area contributed by atoms with Gasteiger partial charge in [-0.25, -0.2) is 0 Å². The maximum atomic E-state index is 12.4. The molecule has 1 saturated carbocycles. The quantitative estimate of drug-likeness (QED) is 0.574. The lowest BCUT2D eigenvalue weighted by molar-refractivity contribution is -0.142. The van der Waals surface area contributed by atoms with Crippen molar-refractivity contribution in [2.24, 2.45) is 0 Å². The Balaban J connectivity index is 1.44. The second-order valence-corrected chi connectivity index (χ2v) is 6.91. The lowest BCUT2D eigenvalue weighted by Crippen LogP contribution is -2.32. The Labute approximate surface area is 158 Å². The van der Waals surface area contributed by atoms with Gasteiger partial charge in [0.1, 0.15) is 6.54 Å². The van der Waals surface area contributed by atoms with E-state index in [4.69, 9.17) is 4.74 Å². The molecule has 1 heterocycles. The van der Waals surface area contributed by atoms with Gasteiger partial charge in [0.2, 0.25) is 11.7 Å². The summed E-state index contributed by atoms with van der Waals surface area (Å²) in [6.07, 6.45) is 2.48. The number of ketones is 1. The van der Waals surface area contributed by atoms with Crippen LogP contribution in [-0.4, -0.2) is 35.4 Å². The normalized spacial score (nSPS) is 13.3. The predicted octanol–water partition coefficient (Wildman–Crippen LogP) is 2.52. The van der Waals surface area contributed by atoms with Gasteiger partial charge < -0.3 is 14.6 Å². The van der Waals surface area contributed by atoms with Gasteiger partial charge >= 0.3 is 5.97 Å². The number of aryl methyl sites for hydroxylation is 1. The summed E-state index contributed by atoms with van der Waals surface area (Å²) in [7, 11) is 0. The van der Waals surface area contributed by atoms with Crippen molar-refractivity contribution in [1.82, 2.24) is 9.88 Å². The number of aromatic nitrogens is 1.